The molecule has 1 amide bonds. The van der Waals surface area contributed by atoms with Crippen molar-refractivity contribution < 1.29 is 9.21 Å². The SMILES string of the molecule is Cc1ccc(-c2cc(C(=O)Nc3ncc(C)s3)c3ccccc3n2)o1. The van der Waals surface area contributed by atoms with Gasteiger partial charge in [-0.15, -0.1) is 11.3 Å². The maximum Gasteiger partial charge on any atom is 0.258 e. The van der Waals surface area contributed by atoms with Gasteiger partial charge in [-0.3, -0.25) is 10.1 Å². The molecule has 4 aromatic rings. The number of aromatic nitrogens is 2. The highest BCUT2D eigenvalue weighted by Crippen LogP contribution is 2.27. The van der Waals surface area contributed by atoms with Gasteiger partial charge in [-0.1, -0.05) is 18.2 Å². The Bertz CT molecular complexity index is 1080. The van der Waals surface area contributed by atoms with Crippen molar-refractivity contribution in [1.82, 2.24) is 9.97 Å². The predicted molar refractivity (Wildman–Crippen MR) is 99.0 cm³/mol. The maximum atomic E-state index is 12.8. The van der Waals surface area contributed by atoms with Crippen molar-refractivity contribution in [3.63, 3.8) is 0 Å². The number of fused-ring (bicyclic) bond motifs is 1. The Morgan fingerprint density at radius 2 is 2.00 bits per heavy atom. The molecule has 25 heavy (non-hydrogen) atoms. The van der Waals surface area contributed by atoms with E-state index in [9.17, 15) is 4.79 Å². The van der Waals surface area contributed by atoms with E-state index in [0.717, 1.165) is 21.5 Å². The number of carbonyl (C=O) groups is 1. The van der Waals surface area contributed by atoms with E-state index in [2.05, 4.69) is 15.3 Å². The van der Waals surface area contributed by atoms with Gasteiger partial charge in [0.25, 0.3) is 5.91 Å². The van der Waals surface area contributed by atoms with Crippen molar-refractivity contribution in [3.05, 3.63) is 64.9 Å². The van der Waals surface area contributed by atoms with E-state index in [1.54, 1.807) is 12.3 Å². The molecule has 0 aliphatic rings. The van der Waals surface area contributed by atoms with E-state index >= 15 is 0 Å². The Morgan fingerprint density at radius 3 is 2.72 bits per heavy atom. The number of carbonyl (C=O) groups excluding carboxylic acids is 1. The molecule has 1 N–H and O–H groups in total. The van der Waals surface area contributed by atoms with Crippen LogP contribution >= 0.6 is 11.3 Å². The minimum Gasteiger partial charge on any atom is -0.460 e. The van der Waals surface area contributed by atoms with Crippen molar-refractivity contribution >= 4 is 33.3 Å². The normalized spacial score (nSPS) is 11.0. The fourth-order valence-electron chi connectivity index (χ4n) is 2.64. The van der Waals surface area contributed by atoms with Gasteiger partial charge >= 0.3 is 0 Å². The molecule has 0 atom stereocenters. The Labute approximate surface area is 148 Å². The number of amides is 1. The first kappa shape index (κ1) is 15.5. The van der Waals surface area contributed by atoms with E-state index in [4.69, 9.17) is 4.42 Å². The van der Waals surface area contributed by atoms with Crippen LogP contribution in [0.4, 0.5) is 5.13 Å². The topological polar surface area (TPSA) is 68.0 Å². The fourth-order valence-corrected chi connectivity index (χ4v) is 3.30. The molecule has 0 bridgehead atoms. The molecule has 5 nitrogen and oxygen atoms in total. The number of hydrogen-bond donors (Lipinski definition) is 1. The van der Waals surface area contributed by atoms with Crippen LogP contribution in [0.15, 0.2) is 53.1 Å². The van der Waals surface area contributed by atoms with Gasteiger partial charge in [0, 0.05) is 16.5 Å². The van der Waals surface area contributed by atoms with E-state index < -0.39 is 0 Å². The third-order valence-electron chi connectivity index (χ3n) is 3.80. The number of rotatable bonds is 3. The van der Waals surface area contributed by atoms with Crippen molar-refractivity contribution in [2.75, 3.05) is 5.32 Å². The molecular formula is C19H15N3O2S. The highest BCUT2D eigenvalue weighted by atomic mass is 32.1. The molecule has 0 spiro atoms. The van der Waals surface area contributed by atoms with Crippen LogP contribution in [0.3, 0.4) is 0 Å². The number of anilines is 1. The second-order valence-electron chi connectivity index (χ2n) is 5.71. The summed E-state index contributed by atoms with van der Waals surface area (Å²) in [5.41, 5.74) is 1.92. The van der Waals surface area contributed by atoms with E-state index in [1.807, 2.05) is 50.2 Å². The standard InChI is InChI=1S/C19H15N3O2S/c1-11-7-8-17(24-11)16-9-14(13-5-3-4-6-15(13)21-16)18(23)22-19-20-10-12(2)25-19/h3-10H,1-2H3,(H,20,22,23). The second-order valence-corrected chi connectivity index (χ2v) is 6.95. The van der Waals surface area contributed by atoms with Gasteiger partial charge in [-0.2, -0.15) is 0 Å². The third kappa shape index (κ3) is 3.04. The van der Waals surface area contributed by atoms with Gasteiger partial charge in [0.1, 0.15) is 11.5 Å². The molecule has 3 aromatic heterocycles. The smallest absolute Gasteiger partial charge is 0.258 e. The van der Waals surface area contributed by atoms with Crippen molar-refractivity contribution in [2.24, 2.45) is 0 Å². The first-order chi connectivity index (χ1) is 12.1. The molecule has 0 fully saturated rings. The van der Waals surface area contributed by atoms with E-state index in [1.165, 1.54) is 11.3 Å². The summed E-state index contributed by atoms with van der Waals surface area (Å²) >= 11 is 1.44. The van der Waals surface area contributed by atoms with Crippen LogP contribution in [0, 0.1) is 13.8 Å². The van der Waals surface area contributed by atoms with E-state index in [0.29, 0.717) is 22.1 Å². The quantitative estimate of drug-likeness (QED) is 0.576. The van der Waals surface area contributed by atoms with Gasteiger partial charge in [0.2, 0.25) is 0 Å². The molecular weight excluding hydrogens is 334 g/mol. The van der Waals surface area contributed by atoms with Gasteiger partial charge in [-0.05, 0) is 38.1 Å². The molecule has 1 aromatic carbocycles. The zero-order chi connectivity index (χ0) is 17.4. The molecule has 0 aliphatic heterocycles. The minimum atomic E-state index is -0.211. The first-order valence-electron chi connectivity index (χ1n) is 7.80. The van der Waals surface area contributed by atoms with Gasteiger partial charge in [0.05, 0.1) is 11.1 Å². The van der Waals surface area contributed by atoms with Crippen LogP contribution in [-0.2, 0) is 0 Å². The molecule has 3 heterocycles. The number of thiazole rings is 1. The summed E-state index contributed by atoms with van der Waals surface area (Å²) in [7, 11) is 0. The number of nitrogens with zero attached hydrogens (tertiary/aromatic N) is 2. The summed E-state index contributed by atoms with van der Waals surface area (Å²) in [6, 6.07) is 13.1. The monoisotopic (exact) mass is 349 g/mol. The minimum absolute atomic E-state index is 0.211. The molecule has 0 aliphatic carbocycles. The van der Waals surface area contributed by atoms with Crippen LogP contribution in [0.1, 0.15) is 21.0 Å². The summed E-state index contributed by atoms with van der Waals surface area (Å²) in [6.07, 6.45) is 1.74. The fraction of sp³-hybridized carbons (Fsp3) is 0.105. The Hall–Kier alpha value is -2.99. The number of benzene rings is 1. The van der Waals surface area contributed by atoms with Gasteiger partial charge < -0.3 is 4.42 Å². The zero-order valence-corrected chi connectivity index (χ0v) is 14.6. The lowest BCUT2D eigenvalue weighted by Crippen LogP contribution is -2.12. The van der Waals surface area contributed by atoms with Crippen LogP contribution < -0.4 is 5.32 Å². The summed E-state index contributed by atoms with van der Waals surface area (Å²) in [5, 5.41) is 4.24. The summed E-state index contributed by atoms with van der Waals surface area (Å²) in [6.45, 7) is 3.83. The van der Waals surface area contributed by atoms with Crippen molar-refractivity contribution in [2.45, 2.75) is 13.8 Å². The number of aryl methyl sites for hydroxylation is 2. The lowest BCUT2D eigenvalue weighted by atomic mass is 10.1. The van der Waals surface area contributed by atoms with Crippen LogP contribution in [0.5, 0.6) is 0 Å². The molecule has 0 unspecified atom stereocenters. The van der Waals surface area contributed by atoms with Crippen molar-refractivity contribution in [1.29, 1.82) is 0 Å². The lowest BCUT2D eigenvalue weighted by molar-refractivity contribution is 0.102. The number of pyridine rings is 1. The molecule has 124 valence electrons. The Morgan fingerprint density at radius 1 is 1.16 bits per heavy atom. The van der Waals surface area contributed by atoms with Crippen molar-refractivity contribution in [3.8, 4) is 11.5 Å². The lowest BCUT2D eigenvalue weighted by Gasteiger charge is -2.08. The Kier molecular flexibility index (Phi) is 3.82. The van der Waals surface area contributed by atoms with Crippen LogP contribution in [0.25, 0.3) is 22.4 Å². The number of hydrogen-bond acceptors (Lipinski definition) is 5. The zero-order valence-electron chi connectivity index (χ0n) is 13.7. The first-order valence-corrected chi connectivity index (χ1v) is 8.62. The van der Waals surface area contributed by atoms with Crippen LogP contribution in [0.2, 0.25) is 0 Å². The number of para-hydroxylation sites is 1. The maximum absolute atomic E-state index is 12.8. The second kappa shape index (κ2) is 6.14. The summed E-state index contributed by atoms with van der Waals surface area (Å²) in [4.78, 5) is 22.7. The molecule has 6 heteroatoms. The largest absolute Gasteiger partial charge is 0.460 e. The highest BCUT2D eigenvalue weighted by Gasteiger charge is 2.16. The van der Waals surface area contributed by atoms with Gasteiger partial charge in [0.15, 0.2) is 10.9 Å². The molecule has 0 radical (unpaired) electrons. The third-order valence-corrected chi connectivity index (χ3v) is 4.62. The van der Waals surface area contributed by atoms with E-state index in [-0.39, 0.29) is 5.91 Å². The summed E-state index contributed by atoms with van der Waals surface area (Å²) < 4.78 is 5.67. The molecule has 0 saturated carbocycles. The average Bonchev–Trinajstić information content (AvgIpc) is 3.22. The predicted octanol–water partition coefficient (Wildman–Crippen LogP) is 4.82. The Balaban J connectivity index is 1.82. The molecule has 4 rings (SSSR count). The summed E-state index contributed by atoms with van der Waals surface area (Å²) in [5.74, 6) is 1.23. The number of furan rings is 1. The van der Waals surface area contributed by atoms with Gasteiger partial charge in [-0.25, -0.2) is 9.97 Å². The highest BCUT2D eigenvalue weighted by molar-refractivity contribution is 7.15. The van der Waals surface area contributed by atoms with Crippen LogP contribution in [-0.4, -0.2) is 15.9 Å². The number of nitrogens with one attached hydrogen (secondary N) is 1. The molecule has 0 saturated heterocycles. The average molecular weight is 349 g/mol.